The number of benzene rings is 2. The second-order valence-corrected chi connectivity index (χ2v) is 8.66. The molecule has 2 aromatic carbocycles. The third-order valence-electron chi connectivity index (χ3n) is 5.56. The number of fused-ring (bicyclic) bond motifs is 3. The Morgan fingerprint density at radius 2 is 1.83 bits per heavy atom. The summed E-state index contributed by atoms with van der Waals surface area (Å²) in [5.74, 6) is 7.25. The average molecular weight is 420 g/mol. The summed E-state index contributed by atoms with van der Waals surface area (Å²) in [6, 6.07) is 20.0. The number of ether oxygens (including phenoxy) is 1. The molecule has 0 amide bonds. The van der Waals surface area contributed by atoms with Crippen molar-refractivity contribution in [2.24, 2.45) is 0 Å². The van der Waals surface area contributed by atoms with Gasteiger partial charge in [-0.25, -0.2) is 9.66 Å². The smallest absolute Gasteiger partial charge is 0.281 e. The van der Waals surface area contributed by atoms with Crippen molar-refractivity contribution in [1.29, 1.82) is 0 Å². The van der Waals surface area contributed by atoms with E-state index in [2.05, 4.69) is 29.2 Å². The molecule has 3 heterocycles. The normalized spacial score (nSPS) is 15.8. The number of aromatic nitrogens is 2. The lowest BCUT2D eigenvalue weighted by Gasteiger charge is -2.23. The lowest BCUT2D eigenvalue weighted by atomic mass is 10.0. The Bertz CT molecular complexity index is 1240. The zero-order chi connectivity index (χ0) is 20.5. The van der Waals surface area contributed by atoms with Gasteiger partial charge in [-0.1, -0.05) is 48.5 Å². The maximum Gasteiger partial charge on any atom is 0.281 e. The van der Waals surface area contributed by atoms with E-state index < -0.39 is 0 Å². The molecule has 5 rings (SSSR count). The van der Waals surface area contributed by atoms with Crippen LogP contribution >= 0.6 is 11.3 Å². The van der Waals surface area contributed by atoms with Crippen LogP contribution < -0.4 is 21.0 Å². The van der Waals surface area contributed by atoms with E-state index >= 15 is 0 Å². The number of para-hydroxylation sites is 1. The van der Waals surface area contributed by atoms with Crippen LogP contribution in [0.5, 0.6) is 5.75 Å². The lowest BCUT2D eigenvalue weighted by molar-refractivity contribution is -0.929. The molecular formula is C23H23N4O2S+. The van der Waals surface area contributed by atoms with E-state index in [4.69, 9.17) is 10.6 Å². The molecule has 0 spiro atoms. The molecule has 7 heteroatoms. The fourth-order valence-corrected chi connectivity index (χ4v) is 5.33. The first-order chi connectivity index (χ1) is 14.7. The van der Waals surface area contributed by atoms with Crippen molar-refractivity contribution in [3.05, 3.63) is 92.8 Å². The minimum Gasteiger partial charge on any atom is -0.486 e. The number of nitrogens with zero attached hydrogens (tertiary/aromatic N) is 2. The topological polar surface area (TPSA) is 74.6 Å². The van der Waals surface area contributed by atoms with Gasteiger partial charge in [0.1, 0.15) is 30.3 Å². The molecule has 0 fully saturated rings. The number of thiophene rings is 1. The molecule has 0 saturated carbocycles. The van der Waals surface area contributed by atoms with Crippen LogP contribution in [0.4, 0.5) is 0 Å². The second-order valence-electron chi connectivity index (χ2n) is 7.58. The number of hydrogen-bond acceptors (Lipinski definition) is 5. The third kappa shape index (κ3) is 3.58. The predicted octanol–water partition coefficient (Wildman–Crippen LogP) is 1.89. The van der Waals surface area contributed by atoms with Gasteiger partial charge in [-0.15, -0.1) is 11.3 Å². The molecule has 1 aliphatic heterocycles. The van der Waals surface area contributed by atoms with E-state index in [1.54, 1.807) is 11.3 Å². The van der Waals surface area contributed by atoms with Gasteiger partial charge >= 0.3 is 0 Å². The molecule has 1 aliphatic rings. The van der Waals surface area contributed by atoms with Crippen LogP contribution in [0.15, 0.2) is 65.5 Å². The minimum atomic E-state index is -0.185. The first kappa shape index (κ1) is 18.8. The van der Waals surface area contributed by atoms with Crippen molar-refractivity contribution in [2.45, 2.75) is 26.1 Å². The summed E-state index contributed by atoms with van der Waals surface area (Å²) in [7, 11) is 0. The number of quaternary nitrogens is 1. The first-order valence-corrected chi connectivity index (χ1v) is 10.9. The molecule has 1 atom stereocenters. The highest BCUT2D eigenvalue weighted by Crippen LogP contribution is 2.29. The van der Waals surface area contributed by atoms with Gasteiger partial charge in [-0.2, -0.15) is 0 Å². The van der Waals surface area contributed by atoms with Crippen LogP contribution in [0.1, 0.15) is 21.8 Å². The Morgan fingerprint density at radius 3 is 2.60 bits per heavy atom. The predicted molar refractivity (Wildman–Crippen MR) is 118 cm³/mol. The summed E-state index contributed by atoms with van der Waals surface area (Å²) in [5, 5.41) is 0.680. The molecule has 1 unspecified atom stereocenters. The highest BCUT2D eigenvalue weighted by Gasteiger charge is 2.27. The highest BCUT2D eigenvalue weighted by atomic mass is 32.1. The van der Waals surface area contributed by atoms with Crippen LogP contribution in [0.2, 0.25) is 0 Å². The Morgan fingerprint density at radius 1 is 1.10 bits per heavy atom. The van der Waals surface area contributed by atoms with Crippen molar-refractivity contribution in [3.8, 4) is 5.75 Å². The van der Waals surface area contributed by atoms with Crippen LogP contribution in [-0.2, 0) is 26.1 Å². The molecule has 2 aromatic heterocycles. The van der Waals surface area contributed by atoms with Crippen molar-refractivity contribution in [3.63, 3.8) is 0 Å². The monoisotopic (exact) mass is 419 g/mol. The lowest BCUT2D eigenvalue weighted by Crippen LogP contribution is -3.10. The zero-order valence-corrected chi connectivity index (χ0v) is 17.3. The van der Waals surface area contributed by atoms with Crippen LogP contribution in [0.25, 0.3) is 10.2 Å². The molecular weight excluding hydrogens is 396 g/mol. The van der Waals surface area contributed by atoms with Gasteiger partial charge < -0.3 is 15.5 Å². The number of nitrogens with two attached hydrogens (primary N) is 1. The molecule has 0 bridgehead atoms. The van der Waals surface area contributed by atoms with Gasteiger partial charge in [0.15, 0.2) is 5.82 Å². The molecule has 0 radical (unpaired) electrons. The molecule has 6 nitrogen and oxygen atoms in total. The second kappa shape index (κ2) is 7.93. The van der Waals surface area contributed by atoms with Crippen molar-refractivity contribution in [2.75, 3.05) is 12.4 Å². The van der Waals surface area contributed by atoms with Gasteiger partial charge in [0.05, 0.1) is 16.8 Å². The third-order valence-corrected chi connectivity index (χ3v) is 6.69. The standard InChI is InChI=1S/C23H22N4O2S/c24-27-20(15-29-17-9-5-2-6-10-17)25-22-21(23(27)28)18-11-12-26(14-19(18)30-22)13-16-7-3-1-4-8-16/h1-10H,11-15,24H2/p+1. The van der Waals surface area contributed by atoms with Gasteiger partial charge in [0.2, 0.25) is 0 Å². The Balaban J connectivity index is 1.42. The molecule has 0 saturated heterocycles. The van der Waals surface area contributed by atoms with E-state index in [0.717, 1.165) is 46.9 Å². The van der Waals surface area contributed by atoms with Gasteiger partial charge in [-0.05, 0) is 17.7 Å². The summed E-state index contributed by atoms with van der Waals surface area (Å²) < 4.78 is 6.90. The van der Waals surface area contributed by atoms with Crippen molar-refractivity contribution in [1.82, 2.24) is 9.66 Å². The van der Waals surface area contributed by atoms with Crippen molar-refractivity contribution < 1.29 is 9.64 Å². The first-order valence-electron chi connectivity index (χ1n) is 10.1. The maximum absolute atomic E-state index is 13.0. The maximum atomic E-state index is 13.0. The van der Waals surface area contributed by atoms with E-state index in [1.165, 1.54) is 15.3 Å². The van der Waals surface area contributed by atoms with Gasteiger partial charge in [0, 0.05) is 12.0 Å². The number of nitrogens with one attached hydrogen (secondary N) is 1. The number of rotatable bonds is 5. The van der Waals surface area contributed by atoms with E-state index in [9.17, 15) is 4.79 Å². The van der Waals surface area contributed by atoms with Gasteiger partial charge in [-0.3, -0.25) is 4.79 Å². The quantitative estimate of drug-likeness (QED) is 0.485. The highest BCUT2D eigenvalue weighted by molar-refractivity contribution is 7.18. The summed E-state index contributed by atoms with van der Waals surface area (Å²) >= 11 is 1.62. The van der Waals surface area contributed by atoms with Gasteiger partial charge in [0.25, 0.3) is 5.56 Å². The van der Waals surface area contributed by atoms with Crippen LogP contribution in [-0.4, -0.2) is 16.2 Å². The Labute approximate surface area is 178 Å². The van der Waals surface area contributed by atoms with Crippen LogP contribution in [0, 0.1) is 0 Å². The molecule has 3 N–H and O–H groups in total. The largest absolute Gasteiger partial charge is 0.486 e. The van der Waals surface area contributed by atoms with E-state index in [1.807, 2.05) is 36.4 Å². The average Bonchev–Trinajstić information content (AvgIpc) is 3.14. The SMILES string of the molecule is Nn1c(COc2ccccc2)nc2sc3c(c2c1=O)CC[NH+](Cc1ccccc1)C3. The molecule has 152 valence electrons. The Hall–Kier alpha value is -3.16. The van der Waals surface area contributed by atoms with Crippen LogP contribution in [0.3, 0.4) is 0 Å². The summed E-state index contributed by atoms with van der Waals surface area (Å²) in [5.41, 5.74) is 2.27. The van der Waals surface area contributed by atoms with E-state index in [-0.39, 0.29) is 12.2 Å². The summed E-state index contributed by atoms with van der Waals surface area (Å²) in [6.45, 7) is 3.04. The summed E-state index contributed by atoms with van der Waals surface area (Å²) in [6.07, 6.45) is 0.869. The minimum absolute atomic E-state index is 0.152. The van der Waals surface area contributed by atoms with E-state index in [0.29, 0.717) is 11.2 Å². The number of nitrogen functional groups attached to an aromatic ring is 1. The molecule has 30 heavy (non-hydrogen) atoms. The fraction of sp³-hybridized carbons (Fsp3) is 0.217. The summed E-state index contributed by atoms with van der Waals surface area (Å²) in [4.78, 5) is 21.2. The molecule has 0 aliphatic carbocycles. The fourth-order valence-electron chi connectivity index (χ4n) is 4.03. The zero-order valence-electron chi connectivity index (χ0n) is 16.5. The Kier molecular flexibility index (Phi) is 4.98. The molecule has 4 aromatic rings. The van der Waals surface area contributed by atoms with Crippen molar-refractivity contribution >= 4 is 21.6 Å². The number of hydrogen-bond donors (Lipinski definition) is 2.